The lowest BCUT2D eigenvalue weighted by atomic mass is 10.7. The van der Waals surface area contributed by atoms with Gasteiger partial charge in [0.25, 0.3) is 0 Å². The quantitative estimate of drug-likeness (QED) is 0.432. The molecule has 1 aromatic rings. The number of nitrogens with zero attached hydrogens (tertiary/aromatic N) is 2. The van der Waals surface area contributed by atoms with E-state index in [4.69, 9.17) is 4.74 Å². The highest BCUT2D eigenvalue weighted by Gasteiger charge is 2.16. The van der Waals surface area contributed by atoms with Crippen LogP contribution < -0.4 is 0 Å². The zero-order valence-electron chi connectivity index (χ0n) is 11.7. The van der Waals surface area contributed by atoms with Crippen LogP contribution in [0.2, 0.25) is 25.7 Å². The number of carbonyl (C=O) groups excluding carboxylic acids is 1. The monoisotopic (exact) mass is 304 g/mol. The van der Waals surface area contributed by atoms with Gasteiger partial charge in [-0.2, -0.15) is 0 Å². The summed E-state index contributed by atoms with van der Waals surface area (Å²) in [5.74, 6) is 0.0634. The van der Waals surface area contributed by atoms with Crippen LogP contribution in [-0.2, 0) is 21.3 Å². The van der Waals surface area contributed by atoms with Gasteiger partial charge in [0.2, 0.25) is 0 Å². The molecule has 0 spiro atoms. The van der Waals surface area contributed by atoms with Gasteiger partial charge >= 0.3 is 0 Å². The minimum Gasteiger partial charge on any atom is -0.361 e. The van der Waals surface area contributed by atoms with Crippen LogP contribution in [-0.4, -0.2) is 45.2 Å². The summed E-state index contributed by atoms with van der Waals surface area (Å²) in [4.78, 5) is 14.6. The molecule has 108 valence electrons. The number of imidazole rings is 1. The summed E-state index contributed by atoms with van der Waals surface area (Å²) < 4.78 is 29.6. The first-order chi connectivity index (χ1) is 8.63. The first kappa shape index (κ1) is 16.1. The van der Waals surface area contributed by atoms with Gasteiger partial charge in [0, 0.05) is 27.1 Å². The third-order valence-electron chi connectivity index (χ3n) is 2.50. The average molecular weight is 304 g/mol. The number of rotatable bonds is 7. The van der Waals surface area contributed by atoms with E-state index in [0.717, 1.165) is 12.3 Å². The highest BCUT2D eigenvalue weighted by atomic mass is 32.2. The summed E-state index contributed by atoms with van der Waals surface area (Å²) in [5, 5.41) is -0.108. The molecule has 1 aromatic heterocycles. The molecule has 8 heteroatoms. The SMILES string of the molecule is C[Si](C)(C)CCOCn1cc(S(C)(=O)=O)nc1C=O. The molecule has 0 saturated carbocycles. The summed E-state index contributed by atoms with van der Waals surface area (Å²) >= 11 is 0. The van der Waals surface area contributed by atoms with Crippen molar-refractivity contribution >= 4 is 24.2 Å². The number of sulfone groups is 1. The minimum atomic E-state index is -3.41. The lowest BCUT2D eigenvalue weighted by Crippen LogP contribution is -2.22. The van der Waals surface area contributed by atoms with Gasteiger partial charge in [-0.1, -0.05) is 19.6 Å². The van der Waals surface area contributed by atoms with Gasteiger partial charge in [-0.3, -0.25) is 4.79 Å². The Balaban J connectivity index is 2.68. The van der Waals surface area contributed by atoms with E-state index in [0.29, 0.717) is 12.9 Å². The average Bonchev–Trinajstić information content (AvgIpc) is 2.66. The number of hydrogen-bond donors (Lipinski definition) is 0. The summed E-state index contributed by atoms with van der Waals surface area (Å²) in [6.45, 7) is 7.46. The number of aldehydes is 1. The molecule has 6 nitrogen and oxygen atoms in total. The van der Waals surface area contributed by atoms with Crippen LogP contribution in [0.15, 0.2) is 11.2 Å². The van der Waals surface area contributed by atoms with Crippen molar-refractivity contribution in [2.75, 3.05) is 12.9 Å². The molecule has 0 amide bonds. The van der Waals surface area contributed by atoms with Crippen molar-refractivity contribution in [3.8, 4) is 0 Å². The number of ether oxygens (including phenoxy) is 1. The summed E-state index contributed by atoms with van der Waals surface area (Å²) in [7, 11) is -4.57. The molecule has 1 rings (SSSR count). The van der Waals surface area contributed by atoms with Gasteiger partial charge in [-0.25, -0.2) is 13.4 Å². The van der Waals surface area contributed by atoms with Gasteiger partial charge in [0.1, 0.15) is 6.73 Å². The Hall–Kier alpha value is -0.993. The maximum Gasteiger partial charge on any atom is 0.194 e. The van der Waals surface area contributed by atoms with E-state index in [-0.39, 0.29) is 17.6 Å². The van der Waals surface area contributed by atoms with Gasteiger partial charge in [-0.05, 0) is 6.04 Å². The molecular weight excluding hydrogens is 284 g/mol. The van der Waals surface area contributed by atoms with Crippen LogP contribution >= 0.6 is 0 Å². The van der Waals surface area contributed by atoms with Crippen LogP contribution in [0.1, 0.15) is 10.6 Å². The maximum atomic E-state index is 11.3. The first-order valence-corrected chi connectivity index (χ1v) is 11.5. The Bertz CT molecular complexity index is 546. The predicted molar refractivity (Wildman–Crippen MR) is 74.8 cm³/mol. The molecule has 0 aliphatic carbocycles. The lowest BCUT2D eigenvalue weighted by molar-refractivity contribution is 0.0831. The fraction of sp³-hybridized carbons (Fsp3) is 0.636. The van der Waals surface area contributed by atoms with Crippen molar-refractivity contribution in [1.82, 2.24) is 9.55 Å². The molecule has 0 aromatic carbocycles. The molecule has 0 unspecified atom stereocenters. The highest BCUT2D eigenvalue weighted by molar-refractivity contribution is 7.90. The largest absolute Gasteiger partial charge is 0.361 e. The van der Waals surface area contributed by atoms with Crippen LogP contribution in [0, 0.1) is 0 Å². The van der Waals surface area contributed by atoms with Crippen LogP contribution in [0.4, 0.5) is 0 Å². The van der Waals surface area contributed by atoms with Crippen molar-refractivity contribution < 1.29 is 17.9 Å². The molecule has 0 aliphatic rings. The van der Waals surface area contributed by atoms with E-state index < -0.39 is 17.9 Å². The van der Waals surface area contributed by atoms with E-state index in [9.17, 15) is 13.2 Å². The Labute approximate surface area is 114 Å². The van der Waals surface area contributed by atoms with Gasteiger partial charge in [0.15, 0.2) is 27.0 Å². The van der Waals surface area contributed by atoms with E-state index in [2.05, 4.69) is 24.6 Å². The van der Waals surface area contributed by atoms with E-state index in [1.54, 1.807) is 0 Å². The van der Waals surface area contributed by atoms with Crippen molar-refractivity contribution in [2.45, 2.75) is 37.4 Å². The third kappa shape index (κ3) is 5.25. The first-order valence-electron chi connectivity index (χ1n) is 5.93. The molecular formula is C11H20N2O4SSi. The van der Waals surface area contributed by atoms with Crippen molar-refractivity contribution in [3.63, 3.8) is 0 Å². The molecule has 0 atom stereocenters. The van der Waals surface area contributed by atoms with Gasteiger partial charge < -0.3 is 9.30 Å². The van der Waals surface area contributed by atoms with Crippen LogP contribution in [0.25, 0.3) is 0 Å². The summed E-state index contributed by atoms with van der Waals surface area (Å²) in [5.41, 5.74) is 0. The molecule has 0 bridgehead atoms. The molecule has 1 heterocycles. The second-order valence-electron chi connectivity index (χ2n) is 5.65. The zero-order valence-corrected chi connectivity index (χ0v) is 13.5. The Morgan fingerprint density at radius 1 is 1.42 bits per heavy atom. The van der Waals surface area contributed by atoms with Gasteiger partial charge in [0.05, 0.1) is 0 Å². The predicted octanol–water partition coefficient (Wildman–Crippen LogP) is 1.41. The Morgan fingerprint density at radius 3 is 2.53 bits per heavy atom. The normalized spacial score (nSPS) is 12.6. The number of hydrogen-bond acceptors (Lipinski definition) is 5. The van der Waals surface area contributed by atoms with Crippen molar-refractivity contribution in [2.24, 2.45) is 0 Å². The zero-order chi connectivity index (χ0) is 14.7. The Kier molecular flexibility index (Phi) is 5.05. The van der Waals surface area contributed by atoms with Gasteiger partial charge in [-0.15, -0.1) is 0 Å². The van der Waals surface area contributed by atoms with Crippen LogP contribution in [0.3, 0.4) is 0 Å². The standard InChI is InChI=1S/C11H20N2O4SSi/c1-18(15,16)11-7-13(10(8-14)12-11)9-17-5-6-19(2,3)4/h7-8H,5-6,9H2,1-4H3. The van der Waals surface area contributed by atoms with Crippen LogP contribution in [0.5, 0.6) is 0 Å². The summed E-state index contributed by atoms with van der Waals surface area (Å²) in [6.07, 6.45) is 2.91. The maximum absolute atomic E-state index is 11.3. The van der Waals surface area contributed by atoms with Crippen molar-refractivity contribution in [1.29, 1.82) is 0 Å². The van der Waals surface area contributed by atoms with E-state index >= 15 is 0 Å². The van der Waals surface area contributed by atoms with E-state index in [1.165, 1.54) is 10.8 Å². The highest BCUT2D eigenvalue weighted by Crippen LogP contribution is 2.10. The smallest absolute Gasteiger partial charge is 0.194 e. The fourth-order valence-electron chi connectivity index (χ4n) is 1.32. The number of aromatic nitrogens is 2. The number of carbonyl (C=O) groups is 1. The van der Waals surface area contributed by atoms with E-state index in [1.807, 2.05) is 0 Å². The molecule has 0 saturated heterocycles. The minimum absolute atomic E-state index is 0.0634. The molecule has 0 N–H and O–H groups in total. The summed E-state index contributed by atoms with van der Waals surface area (Å²) in [6, 6.07) is 1.01. The Morgan fingerprint density at radius 2 is 2.05 bits per heavy atom. The second kappa shape index (κ2) is 5.97. The lowest BCUT2D eigenvalue weighted by Gasteiger charge is -2.15. The third-order valence-corrected chi connectivity index (χ3v) is 5.16. The molecule has 0 radical (unpaired) electrons. The topological polar surface area (TPSA) is 78.3 Å². The molecule has 19 heavy (non-hydrogen) atoms. The second-order valence-corrected chi connectivity index (χ2v) is 13.2. The fourth-order valence-corrected chi connectivity index (χ4v) is 2.66. The molecule has 0 aliphatic heterocycles. The van der Waals surface area contributed by atoms with Crippen molar-refractivity contribution in [3.05, 3.63) is 12.0 Å². The molecule has 0 fully saturated rings.